The van der Waals surface area contributed by atoms with Gasteiger partial charge in [-0.2, -0.15) is 0 Å². The molecular weight excluding hydrogens is 563 g/mol. The van der Waals surface area contributed by atoms with Crippen molar-refractivity contribution in [2.45, 2.75) is 44.8 Å². The average Bonchev–Trinajstić information content (AvgIpc) is 3.58. The van der Waals surface area contributed by atoms with E-state index in [0.29, 0.717) is 34.6 Å². The van der Waals surface area contributed by atoms with Gasteiger partial charge in [-0.15, -0.1) is 0 Å². The molecule has 0 bridgehead atoms. The molecule has 2 fully saturated rings. The molecule has 2 aliphatic rings. The number of para-hydroxylation sites is 1. The Bertz CT molecular complexity index is 1980. The number of ether oxygens (including phenoxy) is 3. The van der Waals surface area contributed by atoms with Gasteiger partial charge < -0.3 is 19.5 Å². The highest BCUT2D eigenvalue weighted by Crippen LogP contribution is 2.48. The van der Waals surface area contributed by atoms with Crippen molar-refractivity contribution in [1.29, 1.82) is 0 Å². The Hall–Kier alpha value is -4.96. The third-order valence-electron chi connectivity index (χ3n) is 8.47. The lowest BCUT2D eigenvalue weighted by Gasteiger charge is -2.16. The van der Waals surface area contributed by atoms with Crippen molar-refractivity contribution in [3.63, 3.8) is 0 Å². The number of fused-ring (bicyclic) bond motifs is 1. The van der Waals surface area contributed by atoms with Crippen LogP contribution in [0.1, 0.15) is 40.9 Å². The van der Waals surface area contributed by atoms with Crippen molar-refractivity contribution in [3.8, 4) is 22.9 Å². The Morgan fingerprint density at radius 1 is 1.05 bits per heavy atom. The molecule has 3 aromatic carbocycles. The molecular formula is C34H31FN4O5. The second-order valence-electron chi connectivity index (χ2n) is 11.5. The Morgan fingerprint density at radius 3 is 2.57 bits per heavy atom. The van der Waals surface area contributed by atoms with E-state index < -0.39 is 17.3 Å². The molecule has 9 nitrogen and oxygen atoms in total. The molecule has 1 aliphatic heterocycles. The molecule has 10 heteroatoms. The number of nitrogens with one attached hydrogen (secondary N) is 1. The molecule has 1 atom stereocenters. The summed E-state index contributed by atoms with van der Waals surface area (Å²) < 4.78 is 36.5. The molecule has 2 aromatic heterocycles. The summed E-state index contributed by atoms with van der Waals surface area (Å²) in [6, 6.07) is 18.6. The van der Waals surface area contributed by atoms with Crippen LogP contribution in [0.25, 0.3) is 16.6 Å². The zero-order chi connectivity index (χ0) is 30.6. The zero-order valence-electron chi connectivity index (χ0n) is 24.6. The van der Waals surface area contributed by atoms with Gasteiger partial charge in [0.1, 0.15) is 23.2 Å². The van der Waals surface area contributed by atoms with Gasteiger partial charge in [-0.25, -0.2) is 9.07 Å². The molecule has 3 heterocycles. The maximum atomic E-state index is 15.3. The lowest BCUT2D eigenvalue weighted by molar-refractivity contribution is 0.0784. The van der Waals surface area contributed by atoms with Gasteiger partial charge >= 0.3 is 0 Å². The molecule has 1 aliphatic carbocycles. The monoisotopic (exact) mass is 594 g/mol. The first kappa shape index (κ1) is 27.8. The third kappa shape index (κ3) is 5.01. The van der Waals surface area contributed by atoms with Gasteiger partial charge in [-0.05, 0) is 68.7 Å². The van der Waals surface area contributed by atoms with Gasteiger partial charge in [0.25, 0.3) is 11.5 Å². The van der Waals surface area contributed by atoms with Crippen molar-refractivity contribution in [3.05, 3.63) is 106 Å². The smallest absolute Gasteiger partial charge is 0.284 e. The molecule has 224 valence electrons. The van der Waals surface area contributed by atoms with E-state index in [1.807, 2.05) is 37.3 Å². The van der Waals surface area contributed by atoms with Crippen molar-refractivity contribution < 1.29 is 23.4 Å². The van der Waals surface area contributed by atoms with E-state index >= 15 is 4.39 Å². The highest BCUT2D eigenvalue weighted by Gasteiger charge is 2.51. The van der Waals surface area contributed by atoms with E-state index in [9.17, 15) is 9.59 Å². The van der Waals surface area contributed by atoms with Crippen LogP contribution in [0.4, 0.5) is 10.1 Å². The van der Waals surface area contributed by atoms with Crippen LogP contribution in [0.2, 0.25) is 0 Å². The van der Waals surface area contributed by atoms with Gasteiger partial charge in [-0.1, -0.05) is 18.2 Å². The van der Waals surface area contributed by atoms with Gasteiger partial charge in [0.15, 0.2) is 11.6 Å². The minimum absolute atomic E-state index is 0.0110. The van der Waals surface area contributed by atoms with Gasteiger partial charge in [-0.3, -0.25) is 19.3 Å². The Balaban J connectivity index is 1.09. The number of amides is 1. The SMILES string of the molecule is Cc1cc2c(Oc3ccc(NC(=O)c4c(C)n(C)n(-c5ccccc5)c4=O)cc3F)ccnc2cc1OC1COC2(CC2)C1. The topological polar surface area (TPSA) is 96.6 Å². The van der Waals surface area contributed by atoms with Crippen molar-refractivity contribution >= 4 is 22.5 Å². The highest BCUT2D eigenvalue weighted by molar-refractivity contribution is 6.05. The summed E-state index contributed by atoms with van der Waals surface area (Å²) >= 11 is 0. The van der Waals surface area contributed by atoms with Crippen LogP contribution in [0, 0.1) is 19.7 Å². The lowest BCUT2D eigenvalue weighted by Crippen LogP contribution is -2.25. The first-order valence-electron chi connectivity index (χ1n) is 14.5. The molecule has 1 amide bonds. The number of carbonyl (C=O) groups excluding carboxylic acids is 1. The number of halogens is 1. The summed E-state index contributed by atoms with van der Waals surface area (Å²) in [5, 5.41) is 3.36. The normalized spacial score (nSPS) is 16.8. The van der Waals surface area contributed by atoms with Crippen LogP contribution in [0.5, 0.6) is 17.2 Å². The maximum Gasteiger partial charge on any atom is 0.284 e. The molecule has 1 saturated heterocycles. The largest absolute Gasteiger partial charge is 0.488 e. The van der Waals surface area contributed by atoms with Crippen molar-refractivity contribution in [2.24, 2.45) is 7.05 Å². The van der Waals surface area contributed by atoms with E-state index in [2.05, 4.69) is 10.3 Å². The number of rotatable bonds is 7. The molecule has 0 radical (unpaired) electrons. The van der Waals surface area contributed by atoms with Gasteiger partial charge in [0.05, 0.1) is 29.1 Å². The Kier molecular flexibility index (Phi) is 6.73. The van der Waals surface area contributed by atoms with E-state index in [-0.39, 0.29) is 28.7 Å². The number of benzene rings is 3. The van der Waals surface area contributed by atoms with Crippen LogP contribution in [0.15, 0.2) is 77.7 Å². The molecule has 1 spiro atoms. The quantitative estimate of drug-likeness (QED) is 0.240. The number of hydrogen-bond acceptors (Lipinski definition) is 6. The van der Waals surface area contributed by atoms with Crippen molar-refractivity contribution in [2.75, 3.05) is 11.9 Å². The van der Waals surface area contributed by atoms with Gasteiger partial charge in [0.2, 0.25) is 0 Å². The fourth-order valence-corrected chi connectivity index (χ4v) is 5.82. The summed E-state index contributed by atoms with van der Waals surface area (Å²) in [7, 11) is 1.71. The van der Waals surface area contributed by atoms with Crippen LogP contribution >= 0.6 is 0 Å². The predicted molar refractivity (Wildman–Crippen MR) is 164 cm³/mol. The van der Waals surface area contributed by atoms with Crippen LogP contribution < -0.4 is 20.3 Å². The summed E-state index contributed by atoms with van der Waals surface area (Å²) in [6.07, 6.45) is 4.70. The first-order valence-corrected chi connectivity index (χ1v) is 14.5. The Labute approximate surface area is 252 Å². The number of aryl methyl sites for hydroxylation is 1. The fourth-order valence-electron chi connectivity index (χ4n) is 5.82. The maximum absolute atomic E-state index is 15.3. The van der Waals surface area contributed by atoms with E-state index in [1.54, 1.807) is 43.0 Å². The third-order valence-corrected chi connectivity index (χ3v) is 8.47. The second kappa shape index (κ2) is 10.6. The summed E-state index contributed by atoms with van der Waals surface area (Å²) in [5.41, 5.74) is 2.41. The van der Waals surface area contributed by atoms with Crippen LogP contribution in [-0.4, -0.2) is 38.6 Å². The standard InChI is InChI=1S/C34H31FN4O5/c1-20-15-25-27(17-30(20)43-24-18-34(12-13-34)42-19-24)36-14-11-28(25)44-29-10-9-22(16-26(29)35)37-32(40)31-21(2)38(3)39(33(31)41)23-7-5-4-6-8-23/h4-11,14-17,24H,12-13,18-19H2,1-3H3,(H,37,40). The summed E-state index contributed by atoms with van der Waals surface area (Å²) in [5.74, 6) is -0.150. The zero-order valence-corrected chi connectivity index (χ0v) is 24.6. The minimum Gasteiger partial charge on any atom is -0.488 e. The number of nitrogens with zero attached hydrogens (tertiary/aromatic N) is 3. The molecule has 5 aromatic rings. The lowest BCUT2D eigenvalue weighted by atomic mass is 10.1. The molecule has 1 N–H and O–H groups in total. The van der Waals surface area contributed by atoms with Gasteiger partial charge in [0, 0.05) is 42.9 Å². The number of carbonyl (C=O) groups is 1. The fraction of sp³-hybridized carbons (Fsp3) is 0.265. The molecule has 1 saturated carbocycles. The van der Waals surface area contributed by atoms with E-state index in [0.717, 1.165) is 36.6 Å². The number of hydrogen-bond donors (Lipinski definition) is 1. The van der Waals surface area contributed by atoms with E-state index in [1.165, 1.54) is 16.8 Å². The number of anilines is 1. The first-order chi connectivity index (χ1) is 21.2. The minimum atomic E-state index is -0.675. The van der Waals surface area contributed by atoms with E-state index in [4.69, 9.17) is 14.2 Å². The summed E-state index contributed by atoms with van der Waals surface area (Å²) in [4.78, 5) is 30.9. The Morgan fingerprint density at radius 2 is 1.84 bits per heavy atom. The number of aromatic nitrogens is 3. The number of pyridine rings is 1. The molecule has 7 rings (SSSR count). The summed E-state index contributed by atoms with van der Waals surface area (Å²) in [6.45, 7) is 4.23. The van der Waals surface area contributed by atoms with Crippen molar-refractivity contribution in [1.82, 2.24) is 14.3 Å². The van der Waals surface area contributed by atoms with Crippen LogP contribution in [-0.2, 0) is 11.8 Å². The average molecular weight is 595 g/mol. The molecule has 44 heavy (non-hydrogen) atoms. The second-order valence-corrected chi connectivity index (χ2v) is 11.5. The van der Waals surface area contributed by atoms with Crippen LogP contribution in [0.3, 0.4) is 0 Å². The molecule has 1 unspecified atom stereocenters. The highest BCUT2D eigenvalue weighted by atomic mass is 19.1. The predicted octanol–water partition coefficient (Wildman–Crippen LogP) is 6.23.